The van der Waals surface area contributed by atoms with Crippen LogP contribution in [-0.4, -0.2) is 181 Å². The van der Waals surface area contributed by atoms with E-state index in [-0.39, 0.29) is 83.6 Å². The van der Waals surface area contributed by atoms with Gasteiger partial charge in [-0.15, -0.1) is 0 Å². The molecule has 1 saturated carbocycles. The summed E-state index contributed by atoms with van der Waals surface area (Å²) >= 11 is 0. The molecule has 1 aliphatic carbocycles. The predicted octanol–water partition coefficient (Wildman–Crippen LogP) is 6.91. The Balaban J connectivity index is 0.648. The van der Waals surface area contributed by atoms with Crippen LogP contribution >= 0.6 is 0 Å². The van der Waals surface area contributed by atoms with E-state index in [1.165, 1.54) is 37.6 Å². The molecule has 14 rings (SSSR count). The molecule has 23 nitrogen and oxygen atoms in total. The summed E-state index contributed by atoms with van der Waals surface area (Å²) in [6.45, 7) is 15.0. The highest BCUT2D eigenvalue weighted by Gasteiger charge is 2.56. The fraction of sp³-hybridized carbons (Fsp3) is 0.471. The normalized spacial score (nSPS) is 22.5. The van der Waals surface area contributed by atoms with E-state index in [0.717, 1.165) is 47.6 Å². The fourth-order valence-corrected chi connectivity index (χ4v) is 15.3. The van der Waals surface area contributed by atoms with Crippen LogP contribution in [0.1, 0.15) is 151 Å². The first-order valence-corrected chi connectivity index (χ1v) is 32.6. The second kappa shape index (κ2) is 23.8. The molecule has 3 aromatic carbocycles. The SMILES string of the molecule is Cc1cc(F)c(Nc2nc(-c3ccc4c(c3)N([C@H]3C[C@@H](N5CCCCC5)C3)C(=O)C43CCN(C(=O)[C@@H]4CCN(C(=O)c5cnc(N6CCN(c7cccc8c7C(=O)N(C7CCC(=O)NC7=O)C8=O)CC6)cn5)C4)CC3)cc3ncn(C(C)C)c23)cc1C(=O)NC(C)C. The third-order valence-electron chi connectivity index (χ3n) is 20.4. The third kappa shape index (κ3) is 10.6. The highest BCUT2D eigenvalue weighted by atomic mass is 19.1. The average molecular weight is 1250 g/mol. The average Bonchev–Trinajstić information content (AvgIpc) is 1.56. The molecule has 3 aromatic heterocycles. The van der Waals surface area contributed by atoms with Crippen molar-refractivity contribution in [2.24, 2.45) is 5.92 Å². The van der Waals surface area contributed by atoms with Crippen molar-refractivity contribution >= 4 is 87.0 Å². The summed E-state index contributed by atoms with van der Waals surface area (Å²) in [6, 6.07) is 15.3. The number of carbonyl (C=O) groups excluding carboxylic acids is 8. The number of benzene rings is 3. The summed E-state index contributed by atoms with van der Waals surface area (Å²) in [7, 11) is 0. The highest BCUT2D eigenvalue weighted by Crippen LogP contribution is 2.53. The molecule has 1 unspecified atom stereocenters. The van der Waals surface area contributed by atoms with Crippen LogP contribution in [0.5, 0.6) is 0 Å². The van der Waals surface area contributed by atoms with Crippen LogP contribution < -0.4 is 30.7 Å². The molecule has 8 aliphatic rings. The van der Waals surface area contributed by atoms with Gasteiger partial charge in [0.1, 0.15) is 28.9 Å². The summed E-state index contributed by atoms with van der Waals surface area (Å²) in [6.07, 6.45) is 11.6. The van der Waals surface area contributed by atoms with E-state index in [1.54, 1.807) is 42.5 Å². The summed E-state index contributed by atoms with van der Waals surface area (Å²) < 4.78 is 18.0. The molecular weight excluding hydrogens is 1170 g/mol. The number of amides is 8. The first kappa shape index (κ1) is 60.4. The van der Waals surface area contributed by atoms with Gasteiger partial charge in [0, 0.05) is 99.8 Å². The topological polar surface area (TPSA) is 252 Å². The number of rotatable bonds is 13. The minimum absolute atomic E-state index is 0.00317. The molecule has 1 spiro atoms. The molecule has 10 heterocycles. The fourth-order valence-electron chi connectivity index (χ4n) is 15.3. The van der Waals surface area contributed by atoms with Crippen molar-refractivity contribution in [3.8, 4) is 11.3 Å². The molecule has 7 aliphatic heterocycles. The number of piperidine rings is 3. The van der Waals surface area contributed by atoms with Crippen LogP contribution in [0.15, 0.2) is 73.3 Å². The number of imide groups is 2. The number of nitrogens with zero attached hydrogens (tertiary/aromatic N) is 12. The number of hydrogen-bond donors (Lipinski definition) is 3. The first-order valence-electron chi connectivity index (χ1n) is 32.6. The Labute approximate surface area is 532 Å². The number of nitrogens with one attached hydrogen (secondary N) is 3. The van der Waals surface area contributed by atoms with Crippen molar-refractivity contribution in [1.82, 2.24) is 54.7 Å². The number of likely N-dealkylation sites (tertiary alicyclic amines) is 3. The number of halogens is 1. The summed E-state index contributed by atoms with van der Waals surface area (Å²) in [4.78, 5) is 142. The first-order chi connectivity index (χ1) is 44.3. The third-order valence-corrected chi connectivity index (χ3v) is 20.4. The molecule has 8 amide bonds. The van der Waals surface area contributed by atoms with Gasteiger partial charge in [-0.25, -0.2) is 24.3 Å². The van der Waals surface area contributed by atoms with E-state index >= 15 is 9.18 Å². The van der Waals surface area contributed by atoms with Gasteiger partial charge in [-0.05, 0) is 147 Å². The standard InChI is InChI=1S/C68H76FN15O8/c1-38(2)73-61(86)46-32-50(48(69)28-40(46)5)75-60-59-51(72-37-82(59)39(3)4)33-49(74-60)41-12-13-47-55(29-41)83(44-30-43(31-44)77-19-7-6-8-20-77)67(92)68(47)17-22-80(23-18-68)63(88)42-16-21-81(36-42)65(90)52-34-71-56(35-70-52)79-26-24-78(25-27-79)53-11-9-10-45-58(53)66(91)84(64(45)89)54-14-15-57(85)76-62(54)87/h9-13,28-29,32-35,37-39,42-44,54H,6-8,14-27,30-31,36H2,1-5H3,(H,73,86)(H,74,75)(H,76,85,87)/t42-,43-,44+,54?/m1/s1. The Bertz CT molecular complexity index is 4030. The van der Waals surface area contributed by atoms with E-state index in [2.05, 4.69) is 47.9 Å². The van der Waals surface area contributed by atoms with Crippen LogP contribution in [0, 0.1) is 18.7 Å². The Kier molecular flexibility index (Phi) is 15.6. The lowest BCUT2D eigenvalue weighted by atomic mass is 9.73. The maximum atomic E-state index is 16.0. The number of aromatic nitrogens is 5. The number of anilines is 5. The highest BCUT2D eigenvalue weighted by molar-refractivity contribution is 6.25. The van der Waals surface area contributed by atoms with E-state index in [4.69, 9.17) is 9.97 Å². The quantitative estimate of drug-likeness (QED) is 0.0993. The Morgan fingerprint density at radius 2 is 1.51 bits per heavy atom. The van der Waals surface area contributed by atoms with Gasteiger partial charge in [0.2, 0.25) is 23.6 Å². The summed E-state index contributed by atoms with van der Waals surface area (Å²) in [5, 5.41) is 8.44. The predicted molar refractivity (Wildman–Crippen MR) is 341 cm³/mol. The van der Waals surface area contributed by atoms with Gasteiger partial charge in [-0.2, -0.15) is 0 Å². The van der Waals surface area contributed by atoms with Crippen LogP contribution in [-0.2, 0) is 24.6 Å². The van der Waals surface area contributed by atoms with Crippen molar-refractivity contribution in [1.29, 1.82) is 0 Å². The van der Waals surface area contributed by atoms with Crippen LogP contribution in [0.2, 0.25) is 0 Å². The van der Waals surface area contributed by atoms with Gasteiger partial charge in [0.15, 0.2) is 5.82 Å². The van der Waals surface area contributed by atoms with E-state index in [1.807, 2.05) is 59.1 Å². The molecule has 6 aromatic rings. The Morgan fingerprint density at radius 1 is 0.750 bits per heavy atom. The van der Waals surface area contributed by atoms with Gasteiger partial charge in [0.05, 0.1) is 63.8 Å². The number of hydrogen-bond acceptors (Lipinski definition) is 16. The second-order valence-corrected chi connectivity index (χ2v) is 26.7. The van der Waals surface area contributed by atoms with Crippen LogP contribution in [0.3, 0.4) is 0 Å². The number of aryl methyl sites for hydroxylation is 1. The van der Waals surface area contributed by atoms with E-state index in [0.29, 0.717) is 116 Å². The van der Waals surface area contributed by atoms with Gasteiger partial charge < -0.3 is 44.6 Å². The number of piperazine rings is 1. The molecule has 24 heteroatoms. The molecule has 6 fully saturated rings. The van der Waals surface area contributed by atoms with Crippen molar-refractivity contribution in [3.05, 3.63) is 113 Å². The van der Waals surface area contributed by atoms with Gasteiger partial charge >= 0.3 is 0 Å². The zero-order valence-electron chi connectivity index (χ0n) is 52.5. The lowest BCUT2D eigenvalue weighted by molar-refractivity contribution is -0.139. The zero-order chi connectivity index (χ0) is 64.0. The van der Waals surface area contributed by atoms with E-state index < -0.39 is 46.8 Å². The minimum Gasteiger partial charge on any atom is -0.367 e. The van der Waals surface area contributed by atoms with Crippen molar-refractivity contribution < 1.29 is 42.7 Å². The molecule has 2 atom stereocenters. The Hall–Kier alpha value is -9.19. The smallest absolute Gasteiger partial charge is 0.274 e. The van der Waals surface area contributed by atoms with Crippen molar-refractivity contribution in [2.75, 3.05) is 85.5 Å². The van der Waals surface area contributed by atoms with Gasteiger partial charge in [-0.1, -0.05) is 24.6 Å². The number of fused-ring (bicyclic) bond motifs is 4. The minimum atomic E-state index is -1.06. The molecule has 3 N–H and O–H groups in total. The van der Waals surface area contributed by atoms with Crippen LogP contribution in [0.4, 0.5) is 33.1 Å². The molecule has 92 heavy (non-hydrogen) atoms. The van der Waals surface area contributed by atoms with Gasteiger partial charge in [0.25, 0.3) is 23.6 Å². The lowest BCUT2D eigenvalue weighted by Crippen LogP contribution is -2.58. The lowest BCUT2D eigenvalue weighted by Gasteiger charge is -2.48. The molecule has 0 bridgehead atoms. The number of imidazole rings is 1. The largest absolute Gasteiger partial charge is 0.367 e. The Morgan fingerprint density at radius 3 is 2.23 bits per heavy atom. The van der Waals surface area contributed by atoms with Gasteiger partial charge in [-0.3, -0.25) is 48.6 Å². The van der Waals surface area contributed by atoms with Crippen molar-refractivity contribution in [2.45, 2.75) is 134 Å². The number of carbonyl (C=O) groups is 8. The number of pyridine rings is 1. The molecule has 478 valence electrons. The van der Waals surface area contributed by atoms with Crippen molar-refractivity contribution in [3.63, 3.8) is 0 Å². The van der Waals surface area contributed by atoms with E-state index in [9.17, 15) is 33.6 Å². The summed E-state index contributed by atoms with van der Waals surface area (Å²) in [5.41, 5.74) is 5.76. The molecular formula is C68H76FN15O8. The van der Waals surface area contributed by atoms with Crippen LogP contribution in [0.25, 0.3) is 22.3 Å². The zero-order valence-corrected chi connectivity index (χ0v) is 52.5. The molecule has 5 saturated heterocycles. The molecule has 0 radical (unpaired) electrons. The maximum Gasteiger partial charge on any atom is 0.274 e. The second-order valence-electron chi connectivity index (χ2n) is 26.7. The maximum absolute atomic E-state index is 16.0. The summed E-state index contributed by atoms with van der Waals surface area (Å²) in [5.74, 6) is -2.82. The monoisotopic (exact) mass is 1250 g/mol.